The fraction of sp³-hybridized carbons (Fsp3) is 0.500. The Kier molecular flexibility index (Phi) is 3.09. The molecule has 3 heteroatoms. The van der Waals surface area contributed by atoms with Gasteiger partial charge in [-0.3, -0.25) is 4.79 Å². The van der Waals surface area contributed by atoms with Gasteiger partial charge in [-0.25, -0.2) is 0 Å². The highest BCUT2D eigenvalue weighted by atomic mass is 16.1. The normalized spacial score (nSPS) is 14.1. The maximum atomic E-state index is 11.9. The number of hydrogen-bond donors (Lipinski definition) is 2. The Balaban J connectivity index is 2.10. The van der Waals surface area contributed by atoms with E-state index in [0.717, 1.165) is 24.2 Å². The summed E-state index contributed by atoms with van der Waals surface area (Å²) in [5.74, 6) is 0.0830. The van der Waals surface area contributed by atoms with Gasteiger partial charge in [0, 0.05) is 17.8 Å². The van der Waals surface area contributed by atoms with Crippen molar-refractivity contribution < 1.29 is 4.79 Å². The van der Waals surface area contributed by atoms with E-state index in [1.165, 1.54) is 5.56 Å². The van der Waals surface area contributed by atoms with E-state index in [1.807, 2.05) is 32.9 Å². The van der Waals surface area contributed by atoms with E-state index in [-0.39, 0.29) is 11.4 Å². The van der Waals surface area contributed by atoms with Crippen molar-refractivity contribution in [1.29, 1.82) is 0 Å². The zero-order valence-electron chi connectivity index (χ0n) is 10.8. The van der Waals surface area contributed by atoms with Crippen LogP contribution in [0.2, 0.25) is 0 Å². The van der Waals surface area contributed by atoms with Crippen molar-refractivity contribution in [3.63, 3.8) is 0 Å². The van der Waals surface area contributed by atoms with Gasteiger partial charge in [0.25, 0.3) is 0 Å². The number of fused-ring (bicyclic) bond motifs is 1. The van der Waals surface area contributed by atoms with Gasteiger partial charge in [-0.1, -0.05) is 18.2 Å². The van der Waals surface area contributed by atoms with Crippen molar-refractivity contribution in [3.05, 3.63) is 29.3 Å². The van der Waals surface area contributed by atoms with Crippen molar-refractivity contribution >= 4 is 11.6 Å². The van der Waals surface area contributed by atoms with E-state index in [0.29, 0.717) is 6.42 Å². The summed E-state index contributed by atoms with van der Waals surface area (Å²) >= 11 is 0. The van der Waals surface area contributed by atoms with Crippen molar-refractivity contribution in [2.24, 2.45) is 0 Å². The van der Waals surface area contributed by atoms with Crippen LogP contribution in [0.1, 0.15) is 31.9 Å². The van der Waals surface area contributed by atoms with E-state index in [4.69, 9.17) is 0 Å². The molecule has 1 aliphatic rings. The highest BCUT2D eigenvalue weighted by Crippen LogP contribution is 2.26. The van der Waals surface area contributed by atoms with Crippen LogP contribution < -0.4 is 10.6 Å². The maximum Gasteiger partial charge on any atom is 0.224 e. The van der Waals surface area contributed by atoms with Crippen LogP contribution in [0.4, 0.5) is 5.69 Å². The van der Waals surface area contributed by atoms with Crippen molar-refractivity contribution in [1.82, 2.24) is 5.32 Å². The lowest BCUT2D eigenvalue weighted by Crippen LogP contribution is -2.41. The summed E-state index contributed by atoms with van der Waals surface area (Å²) in [6.07, 6.45) is 1.51. The van der Waals surface area contributed by atoms with Gasteiger partial charge < -0.3 is 10.6 Å². The number of carbonyl (C=O) groups is 1. The summed E-state index contributed by atoms with van der Waals surface area (Å²) in [5, 5.41) is 6.35. The average Bonchev–Trinajstić information content (AvgIpc) is 2.63. The minimum atomic E-state index is -0.164. The van der Waals surface area contributed by atoms with Gasteiger partial charge >= 0.3 is 0 Å². The Morgan fingerprint density at radius 3 is 2.88 bits per heavy atom. The molecule has 0 aromatic heterocycles. The monoisotopic (exact) mass is 232 g/mol. The Morgan fingerprint density at radius 1 is 1.41 bits per heavy atom. The Labute approximate surface area is 103 Å². The molecule has 1 aromatic rings. The lowest BCUT2D eigenvalue weighted by Gasteiger charge is -2.21. The number of amides is 1. The molecule has 1 amide bonds. The SMILES string of the molecule is CC(C)(C)NC(=O)Cc1cccc2c1NCC2. The molecule has 0 radical (unpaired) electrons. The number of benzene rings is 1. The summed E-state index contributed by atoms with van der Waals surface area (Å²) in [7, 11) is 0. The second kappa shape index (κ2) is 4.40. The molecule has 17 heavy (non-hydrogen) atoms. The first-order chi connectivity index (χ1) is 7.96. The van der Waals surface area contributed by atoms with Crippen molar-refractivity contribution in [2.45, 2.75) is 39.2 Å². The van der Waals surface area contributed by atoms with Gasteiger partial charge in [0.2, 0.25) is 5.91 Å². The number of nitrogens with one attached hydrogen (secondary N) is 2. The van der Waals surface area contributed by atoms with Crippen LogP contribution in [0.3, 0.4) is 0 Å². The van der Waals surface area contributed by atoms with Crippen LogP contribution in [0.5, 0.6) is 0 Å². The molecule has 1 heterocycles. The van der Waals surface area contributed by atoms with Crippen LogP contribution in [-0.2, 0) is 17.6 Å². The van der Waals surface area contributed by atoms with Crippen LogP contribution >= 0.6 is 0 Å². The fourth-order valence-electron chi connectivity index (χ4n) is 2.19. The van der Waals surface area contributed by atoms with Gasteiger partial charge in [0.05, 0.1) is 6.42 Å². The molecule has 0 bridgehead atoms. The largest absolute Gasteiger partial charge is 0.384 e. The molecule has 0 fully saturated rings. The predicted molar refractivity (Wildman–Crippen MR) is 70.2 cm³/mol. The van der Waals surface area contributed by atoms with Crippen molar-refractivity contribution in [2.75, 3.05) is 11.9 Å². The first-order valence-corrected chi connectivity index (χ1v) is 6.11. The minimum absolute atomic E-state index is 0.0830. The third kappa shape index (κ3) is 2.99. The van der Waals surface area contributed by atoms with E-state index in [9.17, 15) is 4.79 Å². The van der Waals surface area contributed by atoms with E-state index < -0.39 is 0 Å². The van der Waals surface area contributed by atoms with E-state index >= 15 is 0 Å². The van der Waals surface area contributed by atoms with Gasteiger partial charge in [-0.15, -0.1) is 0 Å². The second-order valence-electron chi connectivity index (χ2n) is 5.60. The summed E-state index contributed by atoms with van der Waals surface area (Å²) in [6, 6.07) is 6.19. The van der Waals surface area contributed by atoms with Crippen LogP contribution in [0.15, 0.2) is 18.2 Å². The summed E-state index contributed by atoms with van der Waals surface area (Å²) < 4.78 is 0. The van der Waals surface area contributed by atoms with Crippen LogP contribution in [0, 0.1) is 0 Å². The number of rotatable bonds is 2. The third-order valence-corrected chi connectivity index (χ3v) is 2.80. The molecule has 2 N–H and O–H groups in total. The van der Waals surface area contributed by atoms with E-state index in [2.05, 4.69) is 16.7 Å². The standard InChI is InChI=1S/C14H20N2O/c1-14(2,3)16-12(17)9-11-6-4-5-10-7-8-15-13(10)11/h4-6,15H,7-9H2,1-3H3,(H,16,17). The molecule has 0 atom stereocenters. The highest BCUT2D eigenvalue weighted by Gasteiger charge is 2.18. The van der Waals surface area contributed by atoms with Gasteiger partial charge in [-0.2, -0.15) is 0 Å². The zero-order chi connectivity index (χ0) is 12.5. The molecule has 1 aromatic carbocycles. The molecule has 0 saturated heterocycles. The van der Waals surface area contributed by atoms with Crippen LogP contribution in [0.25, 0.3) is 0 Å². The Morgan fingerprint density at radius 2 is 2.18 bits per heavy atom. The highest BCUT2D eigenvalue weighted by molar-refractivity contribution is 5.81. The van der Waals surface area contributed by atoms with Crippen LogP contribution in [-0.4, -0.2) is 18.0 Å². The topological polar surface area (TPSA) is 41.1 Å². The predicted octanol–water partition coefficient (Wildman–Crippen LogP) is 2.11. The number of hydrogen-bond acceptors (Lipinski definition) is 2. The zero-order valence-corrected chi connectivity index (χ0v) is 10.8. The van der Waals surface area contributed by atoms with Gasteiger partial charge in [0.15, 0.2) is 0 Å². The fourth-order valence-corrected chi connectivity index (χ4v) is 2.19. The molecule has 0 saturated carbocycles. The molecule has 0 unspecified atom stereocenters. The van der Waals surface area contributed by atoms with E-state index in [1.54, 1.807) is 0 Å². The molecule has 92 valence electrons. The number of anilines is 1. The van der Waals surface area contributed by atoms with Gasteiger partial charge in [0.1, 0.15) is 0 Å². The second-order valence-corrected chi connectivity index (χ2v) is 5.60. The summed E-state index contributed by atoms with van der Waals surface area (Å²) in [5.41, 5.74) is 3.42. The molecule has 0 spiro atoms. The third-order valence-electron chi connectivity index (χ3n) is 2.80. The first kappa shape index (κ1) is 12.0. The Bertz CT molecular complexity index is 432. The number of para-hydroxylation sites is 1. The molecule has 0 aliphatic carbocycles. The maximum absolute atomic E-state index is 11.9. The quantitative estimate of drug-likeness (QED) is 0.820. The molecule has 3 nitrogen and oxygen atoms in total. The molecular formula is C14H20N2O. The lowest BCUT2D eigenvalue weighted by molar-refractivity contribution is -0.121. The number of carbonyl (C=O) groups excluding carboxylic acids is 1. The molecular weight excluding hydrogens is 212 g/mol. The first-order valence-electron chi connectivity index (χ1n) is 6.11. The summed E-state index contributed by atoms with van der Waals surface area (Å²) in [6.45, 7) is 6.98. The lowest BCUT2D eigenvalue weighted by atomic mass is 10.0. The molecule has 1 aliphatic heterocycles. The molecule has 2 rings (SSSR count). The average molecular weight is 232 g/mol. The summed E-state index contributed by atoms with van der Waals surface area (Å²) in [4.78, 5) is 11.9. The van der Waals surface area contributed by atoms with Gasteiger partial charge in [-0.05, 0) is 38.3 Å². The Hall–Kier alpha value is -1.51. The minimum Gasteiger partial charge on any atom is -0.384 e. The van der Waals surface area contributed by atoms with Crippen molar-refractivity contribution in [3.8, 4) is 0 Å². The smallest absolute Gasteiger partial charge is 0.224 e.